The molecule has 3 rings (SSSR count). The minimum Gasteiger partial charge on any atom is -0.490 e. The lowest BCUT2D eigenvalue weighted by atomic mass is 9.94. The Morgan fingerprint density at radius 3 is 2.40 bits per heavy atom. The molecular weight excluding hydrogens is 382 g/mol. The van der Waals surface area contributed by atoms with Gasteiger partial charge in [-0.1, -0.05) is 26.0 Å². The fourth-order valence-electron chi connectivity index (χ4n) is 3.84. The number of amides is 3. The molecule has 1 saturated heterocycles. The summed E-state index contributed by atoms with van der Waals surface area (Å²) >= 11 is 0. The van der Waals surface area contributed by atoms with Gasteiger partial charge in [0.05, 0.1) is 12.2 Å². The van der Waals surface area contributed by atoms with Gasteiger partial charge in [-0.05, 0) is 37.8 Å². The van der Waals surface area contributed by atoms with Gasteiger partial charge in [0.2, 0.25) is 17.7 Å². The topological polar surface area (TPSA) is 79.0 Å². The van der Waals surface area contributed by atoms with Crippen molar-refractivity contribution in [3.63, 3.8) is 0 Å². The van der Waals surface area contributed by atoms with Crippen LogP contribution in [0.25, 0.3) is 0 Å². The van der Waals surface area contributed by atoms with Gasteiger partial charge in [-0.25, -0.2) is 0 Å². The third-order valence-electron chi connectivity index (χ3n) is 6.17. The lowest BCUT2D eigenvalue weighted by Crippen LogP contribution is -2.46. The molecule has 0 radical (unpaired) electrons. The van der Waals surface area contributed by atoms with Crippen molar-refractivity contribution in [2.24, 2.45) is 11.8 Å². The SMILES string of the molecule is CC(C)C(C)NC(=O)C1CCN(C(=O)CCC(=O)N2CCOc3ccccc32)CC1. The van der Waals surface area contributed by atoms with Gasteiger partial charge in [-0.15, -0.1) is 0 Å². The standard InChI is InChI=1S/C23H33N3O4/c1-16(2)17(3)24-23(29)18-10-12-25(13-11-18)21(27)8-9-22(28)26-14-15-30-20-7-5-4-6-19(20)26/h4-7,16-18H,8-15H2,1-3H3,(H,24,29). The van der Waals surface area contributed by atoms with Crippen molar-refractivity contribution in [2.75, 3.05) is 31.1 Å². The number of nitrogens with one attached hydrogen (secondary N) is 1. The van der Waals surface area contributed by atoms with Gasteiger partial charge in [0, 0.05) is 37.9 Å². The molecule has 2 heterocycles. The first-order chi connectivity index (χ1) is 14.4. The van der Waals surface area contributed by atoms with E-state index in [0.29, 0.717) is 50.8 Å². The number of para-hydroxylation sites is 2. The van der Waals surface area contributed by atoms with E-state index in [9.17, 15) is 14.4 Å². The normalized spacial score (nSPS) is 17.9. The molecular formula is C23H33N3O4. The summed E-state index contributed by atoms with van der Waals surface area (Å²) in [7, 11) is 0. The second-order valence-electron chi connectivity index (χ2n) is 8.56. The molecule has 0 saturated carbocycles. The van der Waals surface area contributed by atoms with Crippen molar-refractivity contribution in [3.05, 3.63) is 24.3 Å². The Kier molecular flexibility index (Phi) is 7.34. The minimum absolute atomic E-state index is 0.0145. The highest BCUT2D eigenvalue weighted by Gasteiger charge is 2.29. The number of likely N-dealkylation sites (tertiary alicyclic amines) is 1. The lowest BCUT2D eigenvalue weighted by molar-refractivity contribution is -0.136. The molecule has 0 spiro atoms. The van der Waals surface area contributed by atoms with Crippen LogP contribution in [0.15, 0.2) is 24.3 Å². The van der Waals surface area contributed by atoms with Crippen LogP contribution < -0.4 is 15.0 Å². The number of nitrogens with zero attached hydrogens (tertiary/aromatic N) is 2. The van der Waals surface area contributed by atoms with Crippen molar-refractivity contribution in [2.45, 2.75) is 52.5 Å². The minimum atomic E-state index is -0.0592. The number of benzene rings is 1. The average Bonchev–Trinajstić information content (AvgIpc) is 2.76. The summed E-state index contributed by atoms with van der Waals surface area (Å²) in [5.74, 6) is 1.07. The molecule has 0 aromatic heterocycles. The van der Waals surface area contributed by atoms with Gasteiger partial charge in [0.25, 0.3) is 0 Å². The quantitative estimate of drug-likeness (QED) is 0.775. The summed E-state index contributed by atoms with van der Waals surface area (Å²) in [4.78, 5) is 41.2. The monoisotopic (exact) mass is 415 g/mol. The predicted molar refractivity (Wildman–Crippen MR) is 115 cm³/mol. The van der Waals surface area contributed by atoms with Crippen LogP contribution >= 0.6 is 0 Å². The van der Waals surface area contributed by atoms with Crippen LogP contribution in [0.4, 0.5) is 5.69 Å². The van der Waals surface area contributed by atoms with E-state index in [-0.39, 0.29) is 42.5 Å². The van der Waals surface area contributed by atoms with Crippen LogP contribution in [0.5, 0.6) is 5.75 Å². The second kappa shape index (κ2) is 9.96. The maximum absolute atomic E-state index is 12.7. The number of carbonyl (C=O) groups is 3. The highest BCUT2D eigenvalue weighted by Crippen LogP contribution is 2.31. The predicted octanol–water partition coefficient (Wildman–Crippen LogP) is 2.59. The number of piperidine rings is 1. The molecule has 1 aromatic carbocycles. The molecule has 1 unspecified atom stereocenters. The first-order valence-corrected chi connectivity index (χ1v) is 11.0. The largest absolute Gasteiger partial charge is 0.490 e. The van der Waals surface area contributed by atoms with Crippen molar-refractivity contribution in [3.8, 4) is 5.75 Å². The highest BCUT2D eigenvalue weighted by atomic mass is 16.5. The van der Waals surface area contributed by atoms with E-state index >= 15 is 0 Å². The Hall–Kier alpha value is -2.57. The molecule has 1 N–H and O–H groups in total. The van der Waals surface area contributed by atoms with E-state index in [1.54, 1.807) is 9.80 Å². The summed E-state index contributed by atoms with van der Waals surface area (Å²) in [5, 5.41) is 3.07. The van der Waals surface area contributed by atoms with Gasteiger partial charge < -0.3 is 19.9 Å². The van der Waals surface area contributed by atoms with Crippen LogP contribution in [0.3, 0.4) is 0 Å². The van der Waals surface area contributed by atoms with Crippen LogP contribution in [-0.2, 0) is 14.4 Å². The zero-order valence-corrected chi connectivity index (χ0v) is 18.2. The van der Waals surface area contributed by atoms with Gasteiger partial charge in [0.1, 0.15) is 12.4 Å². The Balaban J connectivity index is 1.44. The first kappa shape index (κ1) is 22.1. The van der Waals surface area contributed by atoms with Gasteiger partial charge in [-0.3, -0.25) is 14.4 Å². The van der Waals surface area contributed by atoms with Crippen LogP contribution in [0.2, 0.25) is 0 Å². The molecule has 1 fully saturated rings. The number of hydrogen-bond acceptors (Lipinski definition) is 4. The van der Waals surface area contributed by atoms with Crippen LogP contribution in [-0.4, -0.2) is 54.9 Å². The summed E-state index contributed by atoms with van der Waals surface area (Å²) in [6.45, 7) is 8.29. The zero-order chi connectivity index (χ0) is 21.7. The van der Waals surface area contributed by atoms with Crippen molar-refractivity contribution in [1.82, 2.24) is 10.2 Å². The Morgan fingerprint density at radius 2 is 1.70 bits per heavy atom. The van der Waals surface area contributed by atoms with Crippen molar-refractivity contribution in [1.29, 1.82) is 0 Å². The van der Waals surface area contributed by atoms with E-state index < -0.39 is 0 Å². The Labute approximate surface area is 178 Å². The average molecular weight is 416 g/mol. The fraction of sp³-hybridized carbons (Fsp3) is 0.609. The van der Waals surface area contributed by atoms with Crippen LogP contribution in [0, 0.1) is 11.8 Å². The molecule has 7 heteroatoms. The van der Waals surface area contributed by atoms with E-state index in [0.717, 1.165) is 5.69 Å². The molecule has 30 heavy (non-hydrogen) atoms. The fourth-order valence-corrected chi connectivity index (χ4v) is 3.84. The first-order valence-electron chi connectivity index (χ1n) is 11.0. The van der Waals surface area contributed by atoms with E-state index in [2.05, 4.69) is 19.2 Å². The number of hydrogen-bond donors (Lipinski definition) is 1. The molecule has 2 aliphatic heterocycles. The molecule has 3 amide bonds. The maximum atomic E-state index is 12.7. The summed E-state index contributed by atoms with van der Waals surface area (Å²) in [5.41, 5.74) is 0.767. The molecule has 164 valence electrons. The molecule has 0 bridgehead atoms. The highest BCUT2D eigenvalue weighted by molar-refractivity contribution is 5.97. The second-order valence-corrected chi connectivity index (χ2v) is 8.56. The molecule has 0 aliphatic carbocycles. The summed E-state index contributed by atoms with van der Waals surface area (Å²) in [6.07, 6.45) is 1.72. The third kappa shape index (κ3) is 5.32. The number of fused-ring (bicyclic) bond motifs is 1. The lowest BCUT2D eigenvalue weighted by Gasteiger charge is -2.33. The number of ether oxygens (including phenoxy) is 1. The Bertz CT molecular complexity index is 771. The smallest absolute Gasteiger partial charge is 0.227 e. The molecule has 1 aromatic rings. The zero-order valence-electron chi connectivity index (χ0n) is 18.2. The van der Waals surface area contributed by atoms with Crippen LogP contribution in [0.1, 0.15) is 46.5 Å². The van der Waals surface area contributed by atoms with E-state index in [1.807, 2.05) is 31.2 Å². The number of rotatable bonds is 6. The molecule has 2 aliphatic rings. The van der Waals surface area contributed by atoms with Crippen molar-refractivity contribution < 1.29 is 19.1 Å². The Morgan fingerprint density at radius 1 is 1.03 bits per heavy atom. The molecule has 7 nitrogen and oxygen atoms in total. The van der Waals surface area contributed by atoms with Gasteiger partial charge in [-0.2, -0.15) is 0 Å². The van der Waals surface area contributed by atoms with E-state index in [4.69, 9.17) is 4.74 Å². The maximum Gasteiger partial charge on any atom is 0.227 e. The van der Waals surface area contributed by atoms with E-state index in [1.165, 1.54) is 0 Å². The third-order valence-corrected chi connectivity index (χ3v) is 6.17. The summed E-state index contributed by atoms with van der Waals surface area (Å²) < 4.78 is 5.59. The van der Waals surface area contributed by atoms with Crippen molar-refractivity contribution >= 4 is 23.4 Å². The summed E-state index contributed by atoms with van der Waals surface area (Å²) in [6, 6.07) is 7.62. The number of carbonyl (C=O) groups excluding carboxylic acids is 3. The number of anilines is 1. The molecule has 1 atom stereocenters. The van der Waals surface area contributed by atoms with Gasteiger partial charge >= 0.3 is 0 Å². The van der Waals surface area contributed by atoms with Gasteiger partial charge in [0.15, 0.2) is 0 Å².